The summed E-state index contributed by atoms with van der Waals surface area (Å²) in [6.07, 6.45) is -1.74. The minimum Gasteiger partial charge on any atom is -0.465 e. The molecule has 0 spiro atoms. The largest absolute Gasteiger partial charge is 0.465 e. The van der Waals surface area contributed by atoms with Gasteiger partial charge >= 0.3 is 5.97 Å². The molecule has 5 atom stereocenters. The number of nitrogens with zero attached hydrogens (tertiary/aromatic N) is 4. The Morgan fingerprint density at radius 3 is 2.94 bits per heavy atom. The number of anilines is 2. The maximum atomic E-state index is 15.6. The van der Waals surface area contributed by atoms with Gasteiger partial charge in [0.25, 0.3) is 0 Å². The van der Waals surface area contributed by atoms with Crippen LogP contribution in [0, 0.1) is 5.92 Å². The SMILES string of the molecule is CCOC(=O)[C@@H](C)NP(C)(=S)OC[C@]1(F)C[C@H](C)[C@H](n2cnc3c(NC)nc(N)nc32)O1. The number of rotatable bonds is 9. The zero-order valence-corrected chi connectivity index (χ0v) is 20.4. The van der Waals surface area contributed by atoms with E-state index < -0.39 is 30.5 Å². The fourth-order valence-electron chi connectivity index (χ4n) is 3.61. The summed E-state index contributed by atoms with van der Waals surface area (Å²) in [4.78, 5) is 24.5. The van der Waals surface area contributed by atoms with Crippen LogP contribution in [0.15, 0.2) is 6.33 Å². The molecule has 0 saturated carbocycles. The Labute approximate surface area is 190 Å². The van der Waals surface area contributed by atoms with Crippen LogP contribution in [0.2, 0.25) is 0 Å². The molecule has 4 N–H and O–H groups in total. The molecule has 1 aliphatic rings. The van der Waals surface area contributed by atoms with Crippen LogP contribution in [0.5, 0.6) is 0 Å². The number of carbonyl (C=O) groups is 1. The molecule has 14 heteroatoms. The average molecular weight is 490 g/mol. The topological polar surface area (TPSA) is 138 Å². The lowest BCUT2D eigenvalue weighted by Gasteiger charge is -2.27. The lowest BCUT2D eigenvalue weighted by Crippen LogP contribution is -2.35. The molecule has 2 aromatic rings. The molecule has 0 aliphatic carbocycles. The van der Waals surface area contributed by atoms with Crippen LogP contribution < -0.4 is 16.1 Å². The van der Waals surface area contributed by atoms with E-state index in [1.807, 2.05) is 6.92 Å². The highest BCUT2D eigenvalue weighted by atomic mass is 32.4. The molecule has 0 aromatic carbocycles. The van der Waals surface area contributed by atoms with Gasteiger partial charge in [-0.2, -0.15) is 9.97 Å². The number of nitrogens with two attached hydrogens (primary N) is 1. The number of aromatic nitrogens is 4. The van der Waals surface area contributed by atoms with E-state index in [0.29, 0.717) is 17.0 Å². The zero-order chi connectivity index (χ0) is 23.7. The number of halogens is 1. The fraction of sp³-hybridized carbons (Fsp3) is 0.667. The number of alkyl halides is 1. The first kappa shape index (κ1) is 24.7. The average Bonchev–Trinajstić information content (AvgIpc) is 3.26. The minimum absolute atomic E-state index is 0.0672. The number of nitrogen functional groups attached to an aromatic ring is 1. The molecule has 1 aliphatic heterocycles. The van der Waals surface area contributed by atoms with Crippen LogP contribution >= 0.6 is 6.42 Å². The highest BCUT2D eigenvalue weighted by Gasteiger charge is 2.47. The van der Waals surface area contributed by atoms with E-state index >= 15 is 4.39 Å². The summed E-state index contributed by atoms with van der Waals surface area (Å²) in [5, 5.41) is 5.85. The zero-order valence-electron chi connectivity index (χ0n) is 18.7. The summed E-state index contributed by atoms with van der Waals surface area (Å²) in [6.45, 7) is 6.72. The Kier molecular flexibility index (Phi) is 7.35. The van der Waals surface area contributed by atoms with Gasteiger partial charge in [0.05, 0.1) is 12.9 Å². The number of imidazole rings is 1. The molecule has 1 saturated heterocycles. The van der Waals surface area contributed by atoms with Crippen molar-refractivity contribution in [2.75, 3.05) is 38.0 Å². The third-order valence-electron chi connectivity index (χ3n) is 4.99. The van der Waals surface area contributed by atoms with Gasteiger partial charge in [0.1, 0.15) is 25.3 Å². The molecule has 3 heterocycles. The predicted octanol–water partition coefficient (Wildman–Crippen LogP) is 2.17. The van der Waals surface area contributed by atoms with Crippen LogP contribution in [-0.2, 0) is 30.6 Å². The summed E-state index contributed by atoms with van der Waals surface area (Å²) in [5.41, 5.74) is 6.75. The molecule has 32 heavy (non-hydrogen) atoms. The molecule has 0 radical (unpaired) electrons. The standard InChI is InChI=1S/C18H29FN7O4PS/c1-6-28-16(27)11(3)25-31(5,32)29-8-18(19)7-10(2)15(30-18)26-9-22-12-13(21-4)23-17(20)24-14(12)26/h9-11,15H,6-8H2,1-5H3,(H,25,32)(H3,20,21,23,24)/t10-,11+,15+,18-,31?/m0/s1. The van der Waals surface area contributed by atoms with Gasteiger partial charge in [-0.1, -0.05) is 18.7 Å². The van der Waals surface area contributed by atoms with Crippen molar-refractivity contribution in [3.05, 3.63) is 6.33 Å². The first-order valence-corrected chi connectivity index (χ1v) is 13.4. The van der Waals surface area contributed by atoms with Crippen molar-refractivity contribution in [1.82, 2.24) is 24.6 Å². The number of ether oxygens (including phenoxy) is 2. The molecule has 0 bridgehead atoms. The van der Waals surface area contributed by atoms with Crippen LogP contribution in [-0.4, -0.2) is 64.3 Å². The van der Waals surface area contributed by atoms with Crippen molar-refractivity contribution >= 4 is 47.1 Å². The quantitative estimate of drug-likeness (QED) is 0.353. The van der Waals surface area contributed by atoms with Crippen molar-refractivity contribution < 1.29 is 23.2 Å². The minimum atomic E-state index is -2.68. The monoisotopic (exact) mass is 489 g/mol. The second kappa shape index (κ2) is 9.52. The highest BCUT2D eigenvalue weighted by molar-refractivity contribution is 8.11. The van der Waals surface area contributed by atoms with E-state index in [4.69, 9.17) is 31.5 Å². The van der Waals surface area contributed by atoms with Crippen molar-refractivity contribution in [1.29, 1.82) is 0 Å². The van der Waals surface area contributed by atoms with Crippen LogP contribution in [0.25, 0.3) is 11.2 Å². The normalized spacial score (nSPS) is 26.1. The van der Waals surface area contributed by atoms with Crippen LogP contribution in [0.1, 0.15) is 33.4 Å². The summed E-state index contributed by atoms with van der Waals surface area (Å²) < 4.78 is 33.7. The third-order valence-corrected chi connectivity index (χ3v) is 7.10. The molecular formula is C18H29FN7O4PS. The van der Waals surface area contributed by atoms with E-state index in [0.717, 1.165) is 0 Å². The lowest BCUT2D eigenvalue weighted by atomic mass is 10.1. The number of hydrogen-bond donors (Lipinski definition) is 3. The molecular weight excluding hydrogens is 460 g/mol. The van der Waals surface area contributed by atoms with E-state index in [9.17, 15) is 4.79 Å². The van der Waals surface area contributed by atoms with E-state index in [1.165, 1.54) is 6.33 Å². The molecule has 1 fully saturated rings. The van der Waals surface area contributed by atoms with Crippen molar-refractivity contribution in [3.8, 4) is 0 Å². The molecule has 3 rings (SSSR count). The van der Waals surface area contributed by atoms with E-state index in [1.54, 1.807) is 32.1 Å². The Morgan fingerprint density at radius 2 is 2.28 bits per heavy atom. The van der Waals surface area contributed by atoms with Gasteiger partial charge < -0.3 is 25.0 Å². The predicted molar refractivity (Wildman–Crippen MR) is 122 cm³/mol. The Hall–Kier alpha value is -1.92. The number of fused-ring (bicyclic) bond motifs is 1. The molecule has 1 unspecified atom stereocenters. The van der Waals surface area contributed by atoms with Gasteiger partial charge in [-0.3, -0.25) is 14.4 Å². The summed E-state index contributed by atoms with van der Waals surface area (Å²) in [6, 6.07) is -0.665. The smallest absolute Gasteiger partial charge is 0.323 e. The second-order valence-electron chi connectivity index (χ2n) is 7.80. The van der Waals surface area contributed by atoms with Gasteiger partial charge in [0, 0.05) is 26.1 Å². The second-order valence-corrected chi connectivity index (χ2v) is 12.1. The number of hydrogen-bond acceptors (Lipinski definition) is 10. The van der Waals surface area contributed by atoms with Gasteiger partial charge in [-0.25, -0.2) is 9.37 Å². The molecule has 2 aromatic heterocycles. The van der Waals surface area contributed by atoms with E-state index in [-0.39, 0.29) is 31.5 Å². The van der Waals surface area contributed by atoms with E-state index in [2.05, 4.69) is 25.4 Å². The maximum absolute atomic E-state index is 15.6. The summed E-state index contributed by atoms with van der Waals surface area (Å²) in [5.74, 6) is -2.18. The van der Waals surface area contributed by atoms with Crippen LogP contribution in [0.3, 0.4) is 0 Å². The molecule has 11 nitrogen and oxygen atoms in total. The van der Waals surface area contributed by atoms with Crippen molar-refractivity contribution in [3.63, 3.8) is 0 Å². The third kappa shape index (κ3) is 5.34. The maximum Gasteiger partial charge on any atom is 0.323 e. The fourth-order valence-corrected chi connectivity index (χ4v) is 5.56. The van der Waals surface area contributed by atoms with Crippen molar-refractivity contribution in [2.24, 2.45) is 5.92 Å². The number of esters is 1. The number of nitrogens with one attached hydrogen (secondary N) is 2. The first-order valence-electron chi connectivity index (χ1n) is 10.2. The number of carbonyl (C=O) groups excluding carboxylic acids is 1. The summed E-state index contributed by atoms with van der Waals surface area (Å²) >= 11 is 5.45. The van der Waals surface area contributed by atoms with Gasteiger partial charge in [0.2, 0.25) is 11.8 Å². The first-order chi connectivity index (χ1) is 15.0. The van der Waals surface area contributed by atoms with Gasteiger partial charge in [-0.15, -0.1) is 0 Å². The van der Waals surface area contributed by atoms with Gasteiger partial charge in [0.15, 0.2) is 17.0 Å². The van der Waals surface area contributed by atoms with Crippen LogP contribution in [0.4, 0.5) is 16.2 Å². The molecule has 178 valence electrons. The molecule has 0 amide bonds. The van der Waals surface area contributed by atoms with Crippen molar-refractivity contribution in [2.45, 2.75) is 45.3 Å². The van der Waals surface area contributed by atoms with Gasteiger partial charge in [-0.05, 0) is 13.8 Å². The summed E-state index contributed by atoms with van der Waals surface area (Å²) in [7, 11) is 1.70. The Bertz CT molecular complexity index is 1040. The lowest BCUT2D eigenvalue weighted by molar-refractivity contribution is -0.171. The highest BCUT2D eigenvalue weighted by Crippen LogP contribution is 2.47. The Morgan fingerprint density at radius 1 is 1.56 bits per heavy atom. The Balaban J connectivity index is 1.71.